The molecule has 0 saturated carbocycles. The van der Waals surface area contributed by atoms with Gasteiger partial charge in [-0.1, -0.05) is 18.2 Å². The molecule has 0 saturated heterocycles. The second kappa shape index (κ2) is 9.03. The Hall–Kier alpha value is -2.60. The molecule has 2 aromatic rings. The van der Waals surface area contributed by atoms with Crippen LogP contribution in [0.4, 0.5) is 5.69 Å². The Morgan fingerprint density at radius 1 is 1.04 bits per heavy atom. The Morgan fingerprint density at radius 3 is 2.28 bits per heavy atom. The molecular weight excluding hydrogens is 338 g/mol. The molecule has 5 nitrogen and oxygen atoms in total. The van der Waals surface area contributed by atoms with Crippen LogP contribution in [0.3, 0.4) is 0 Å². The Balaban J connectivity index is 1.86. The maximum absolute atomic E-state index is 12.3. The van der Waals surface area contributed by atoms with E-state index >= 15 is 0 Å². The van der Waals surface area contributed by atoms with Gasteiger partial charge in [-0.25, -0.2) is 0 Å². The molecule has 130 valence electrons. The number of hydrogen-bond donors (Lipinski definition) is 1. The quantitative estimate of drug-likeness (QED) is 0.466. The van der Waals surface area contributed by atoms with Gasteiger partial charge in [-0.15, -0.1) is 11.8 Å². The molecule has 6 heteroatoms. The van der Waals surface area contributed by atoms with E-state index in [4.69, 9.17) is 4.74 Å². The average molecular weight is 357 g/mol. The second-order valence-corrected chi connectivity index (χ2v) is 6.41. The van der Waals surface area contributed by atoms with Gasteiger partial charge in [-0.05, 0) is 43.3 Å². The molecule has 0 aliphatic heterocycles. The van der Waals surface area contributed by atoms with E-state index in [2.05, 4.69) is 5.32 Å². The van der Waals surface area contributed by atoms with Crippen molar-refractivity contribution in [2.45, 2.75) is 24.8 Å². The summed E-state index contributed by atoms with van der Waals surface area (Å²) in [5, 5.41) is 2.63. The molecule has 1 amide bonds. The summed E-state index contributed by atoms with van der Waals surface area (Å²) in [5.74, 6) is -0.766. The van der Waals surface area contributed by atoms with Crippen molar-refractivity contribution in [2.75, 3.05) is 11.1 Å². The molecule has 0 fully saturated rings. The van der Waals surface area contributed by atoms with Crippen LogP contribution >= 0.6 is 11.8 Å². The predicted molar refractivity (Wildman–Crippen MR) is 97.8 cm³/mol. The summed E-state index contributed by atoms with van der Waals surface area (Å²) in [6, 6.07) is 16.0. The lowest BCUT2D eigenvalue weighted by Crippen LogP contribution is -2.25. The molecule has 1 N–H and O–H groups in total. The van der Waals surface area contributed by atoms with Gasteiger partial charge < -0.3 is 10.1 Å². The minimum Gasteiger partial charge on any atom is -0.454 e. The van der Waals surface area contributed by atoms with Crippen molar-refractivity contribution in [1.82, 2.24) is 0 Å². The van der Waals surface area contributed by atoms with Crippen molar-refractivity contribution >= 4 is 35.1 Å². The lowest BCUT2D eigenvalue weighted by molar-refractivity contribution is -0.143. The zero-order chi connectivity index (χ0) is 18.2. The monoisotopic (exact) mass is 357 g/mol. The SMILES string of the molecule is CC(=O)Nc1ccc(C(=O)C(C)OC(=O)CSc2ccccc2)cc1. The largest absolute Gasteiger partial charge is 0.454 e. The van der Waals surface area contributed by atoms with E-state index in [1.54, 1.807) is 31.2 Å². The Kier molecular flexibility index (Phi) is 6.77. The molecule has 1 unspecified atom stereocenters. The van der Waals surface area contributed by atoms with Gasteiger partial charge in [0, 0.05) is 23.1 Å². The Labute approximate surface area is 150 Å². The maximum Gasteiger partial charge on any atom is 0.316 e. The first-order chi connectivity index (χ1) is 12.0. The van der Waals surface area contributed by atoms with Crippen LogP contribution in [-0.4, -0.2) is 29.5 Å². The normalized spacial score (nSPS) is 11.4. The fraction of sp³-hybridized carbons (Fsp3) is 0.211. The highest BCUT2D eigenvalue weighted by molar-refractivity contribution is 8.00. The van der Waals surface area contributed by atoms with Crippen LogP contribution in [0.1, 0.15) is 24.2 Å². The first kappa shape index (κ1) is 18.7. The van der Waals surface area contributed by atoms with Crippen molar-refractivity contribution in [2.24, 2.45) is 0 Å². The lowest BCUT2D eigenvalue weighted by atomic mass is 10.1. The van der Waals surface area contributed by atoms with Gasteiger partial charge in [0.2, 0.25) is 11.7 Å². The van der Waals surface area contributed by atoms with Crippen LogP contribution in [0, 0.1) is 0 Å². The summed E-state index contributed by atoms with van der Waals surface area (Å²) in [6.45, 7) is 2.96. The van der Waals surface area contributed by atoms with E-state index in [1.165, 1.54) is 18.7 Å². The standard InChI is InChI=1S/C19H19NO4S/c1-13(24-18(22)12-25-17-6-4-3-5-7-17)19(23)15-8-10-16(11-9-15)20-14(2)21/h3-11,13H,12H2,1-2H3,(H,20,21). The molecule has 2 rings (SSSR count). The molecule has 0 bridgehead atoms. The van der Waals surface area contributed by atoms with Gasteiger partial charge in [0.05, 0.1) is 5.75 Å². The van der Waals surface area contributed by atoms with Gasteiger partial charge in [-0.3, -0.25) is 14.4 Å². The summed E-state index contributed by atoms with van der Waals surface area (Å²) in [4.78, 5) is 36.2. The van der Waals surface area contributed by atoms with Crippen LogP contribution in [0.2, 0.25) is 0 Å². The summed E-state index contributed by atoms with van der Waals surface area (Å²) in [5.41, 5.74) is 1.03. The number of carbonyl (C=O) groups excluding carboxylic acids is 3. The number of benzene rings is 2. The lowest BCUT2D eigenvalue weighted by Gasteiger charge is -2.12. The molecule has 0 radical (unpaired) electrons. The van der Waals surface area contributed by atoms with Crippen molar-refractivity contribution in [3.63, 3.8) is 0 Å². The van der Waals surface area contributed by atoms with Gasteiger partial charge >= 0.3 is 5.97 Å². The zero-order valence-electron chi connectivity index (χ0n) is 14.0. The van der Waals surface area contributed by atoms with E-state index in [0.29, 0.717) is 11.3 Å². The van der Waals surface area contributed by atoms with Crippen LogP contribution < -0.4 is 5.32 Å². The van der Waals surface area contributed by atoms with E-state index in [0.717, 1.165) is 4.90 Å². The summed E-state index contributed by atoms with van der Waals surface area (Å²) >= 11 is 1.36. The van der Waals surface area contributed by atoms with E-state index in [-0.39, 0.29) is 17.4 Å². The van der Waals surface area contributed by atoms with Gasteiger partial charge in [0.15, 0.2) is 6.10 Å². The summed E-state index contributed by atoms with van der Waals surface area (Å²) < 4.78 is 5.20. The number of anilines is 1. The molecule has 25 heavy (non-hydrogen) atoms. The number of ketones is 1. The molecular formula is C19H19NO4S. The van der Waals surface area contributed by atoms with E-state index < -0.39 is 12.1 Å². The summed E-state index contributed by atoms with van der Waals surface area (Å²) in [7, 11) is 0. The third kappa shape index (κ3) is 6.08. The molecule has 0 aliphatic rings. The zero-order valence-corrected chi connectivity index (χ0v) is 14.8. The highest BCUT2D eigenvalue weighted by atomic mass is 32.2. The Morgan fingerprint density at radius 2 is 1.68 bits per heavy atom. The fourth-order valence-corrected chi connectivity index (χ4v) is 2.80. The number of Topliss-reactive ketones (excluding diaryl/α,β-unsaturated/α-hetero) is 1. The topological polar surface area (TPSA) is 72.5 Å². The van der Waals surface area contributed by atoms with Crippen molar-refractivity contribution in [1.29, 1.82) is 0 Å². The van der Waals surface area contributed by atoms with Crippen molar-refractivity contribution in [3.05, 3.63) is 60.2 Å². The van der Waals surface area contributed by atoms with Gasteiger partial charge in [0.25, 0.3) is 0 Å². The maximum atomic E-state index is 12.3. The second-order valence-electron chi connectivity index (χ2n) is 5.36. The molecule has 2 aromatic carbocycles. The van der Waals surface area contributed by atoms with Crippen LogP contribution in [0.25, 0.3) is 0 Å². The predicted octanol–water partition coefficient (Wildman–Crippen LogP) is 3.55. The number of thioether (sulfide) groups is 1. The van der Waals surface area contributed by atoms with E-state index in [1.807, 2.05) is 30.3 Å². The van der Waals surface area contributed by atoms with E-state index in [9.17, 15) is 14.4 Å². The third-order valence-corrected chi connectivity index (χ3v) is 4.25. The molecule has 1 atom stereocenters. The molecule has 0 aliphatic carbocycles. The number of hydrogen-bond acceptors (Lipinski definition) is 5. The van der Waals surface area contributed by atoms with Gasteiger partial charge in [0.1, 0.15) is 0 Å². The fourth-order valence-electron chi connectivity index (χ4n) is 2.10. The third-order valence-electron chi connectivity index (χ3n) is 3.27. The van der Waals surface area contributed by atoms with Gasteiger partial charge in [-0.2, -0.15) is 0 Å². The summed E-state index contributed by atoms with van der Waals surface area (Å²) in [6.07, 6.45) is -0.865. The van der Waals surface area contributed by atoms with Crippen LogP contribution in [0.15, 0.2) is 59.5 Å². The first-order valence-electron chi connectivity index (χ1n) is 7.75. The molecule has 0 spiro atoms. The van der Waals surface area contributed by atoms with Crippen molar-refractivity contribution in [3.8, 4) is 0 Å². The number of nitrogens with one attached hydrogen (secondary N) is 1. The van der Waals surface area contributed by atoms with Crippen LogP contribution in [0.5, 0.6) is 0 Å². The number of ether oxygens (including phenoxy) is 1. The highest BCUT2D eigenvalue weighted by Crippen LogP contribution is 2.18. The average Bonchev–Trinajstić information content (AvgIpc) is 2.60. The minimum atomic E-state index is -0.865. The van der Waals surface area contributed by atoms with Crippen molar-refractivity contribution < 1.29 is 19.1 Å². The molecule has 0 heterocycles. The first-order valence-corrected chi connectivity index (χ1v) is 8.73. The Bertz CT molecular complexity index is 744. The smallest absolute Gasteiger partial charge is 0.316 e. The number of carbonyl (C=O) groups is 3. The highest BCUT2D eigenvalue weighted by Gasteiger charge is 2.19. The van der Waals surface area contributed by atoms with Crippen LogP contribution in [-0.2, 0) is 14.3 Å². The number of amides is 1. The number of esters is 1. The minimum absolute atomic E-state index is 0.142. The number of rotatable bonds is 7. The molecule has 0 aromatic heterocycles.